The van der Waals surface area contributed by atoms with Gasteiger partial charge in [-0.1, -0.05) is 0 Å². The molecule has 0 radical (unpaired) electrons. The number of likely N-dealkylation sites (N-methyl/N-ethyl adjacent to an activating group) is 1. The summed E-state index contributed by atoms with van der Waals surface area (Å²) in [6.45, 7) is 1.33. The molecule has 1 aromatic carbocycles. The van der Waals surface area contributed by atoms with Crippen molar-refractivity contribution in [2.24, 2.45) is 0 Å². The number of rotatable bonds is 4. The van der Waals surface area contributed by atoms with Crippen molar-refractivity contribution in [3.63, 3.8) is 0 Å². The molecular weight excluding hydrogens is 301 g/mol. The molecule has 0 saturated carbocycles. The van der Waals surface area contributed by atoms with Crippen LogP contribution in [-0.4, -0.2) is 31.1 Å². The second kappa shape index (κ2) is 6.58. The van der Waals surface area contributed by atoms with Crippen molar-refractivity contribution in [2.45, 2.75) is 30.0 Å². The molecule has 1 unspecified atom stereocenters. The van der Waals surface area contributed by atoms with Crippen LogP contribution in [0, 0.1) is 10.7 Å². The van der Waals surface area contributed by atoms with Gasteiger partial charge in [0.15, 0.2) is 0 Å². The first-order valence-corrected chi connectivity index (χ1v) is 7.33. The molecule has 1 aliphatic heterocycles. The number of hydrogen-bond donors (Lipinski definition) is 0. The van der Waals surface area contributed by atoms with E-state index in [9.17, 15) is 13.2 Å². The molecule has 1 atom stereocenters. The number of halogens is 3. The van der Waals surface area contributed by atoms with E-state index in [-0.39, 0.29) is 16.7 Å². The molecule has 0 amide bonds. The van der Waals surface area contributed by atoms with Crippen molar-refractivity contribution in [2.75, 3.05) is 20.2 Å². The Morgan fingerprint density at radius 1 is 1.43 bits per heavy atom. The molecule has 0 aliphatic carbocycles. The highest BCUT2D eigenvalue weighted by atomic mass is 32.2. The van der Waals surface area contributed by atoms with Gasteiger partial charge in [0.2, 0.25) is 0 Å². The first-order chi connectivity index (χ1) is 9.90. The fourth-order valence-corrected chi connectivity index (χ4v) is 2.78. The molecule has 0 bridgehead atoms. The molecule has 1 heterocycles. The van der Waals surface area contributed by atoms with Gasteiger partial charge in [-0.15, -0.1) is 0 Å². The molecule has 114 valence electrons. The summed E-state index contributed by atoms with van der Waals surface area (Å²) in [5.41, 5.74) is -0.794. The van der Waals surface area contributed by atoms with Crippen LogP contribution in [0.25, 0.3) is 0 Å². The van der Waals surface area contributed by atoms with E-state index < -0.39 is 11.7 Å². The van der Waals surface area contributed by atoms with Crippen molar-refractivity contribution >= 4 is 11.8 Å². The minimum Gasteiger partial charge on any atom is -0.492 e. The van der Waals surface area contributed by atoms with E-state index >= 15 is 0 Å². The Bertz CT molecular complexity index is 542. The number of likely N-dealkylation sites (tertiary alicyclic amines) is 1. The van der Waals surface area contributed by atoms with Gasteiger partial charge in [-0.05, 0) is 56.4 Å². The summed E-state index contributed by atoms with van der Waals surface area (Å²) in [5.74, 6) is 0.155. The zero-order valence-corrected chi connectivity index (χ0v) is 12.3. The first kappa shape index (κ1) is 16.0. The monoisotopic (exact) mass is 316 g/mol. The van der Waals surface area contributed by atoms with Crippen LogP contribution >= 0.6 is 11.8 Å². The Balaban J connectivity index is 2.14. The molecule has 0 spiro atoms. The summed E-state index contributed by atoms with van der Waals surface area (Å²) in [4.78, 5) is 2.38. The summed E-state index contributed by atoms with van der Waals surface area (Å²) in [6, 6.07) is 3.64. The van der Waals surface area contributed by atoms with Gasteiger partial charge in [0.25, 0.3) is 0 Å². The number of nitriles is 1. The van der Waals surface area contributed by atoms with Crippen LogP contribution in [0.3, 0.4) is 0 Å². The highest BCUT2D eigenvalue weighted by Crippen LogP contribution is 2.35. The minimum absolute atomic E-state index is 0.155. The van der Waals surface area contributed by atoms with Crippen molar-refractivity contribution in [1.82, 2.24) is 4.90 Å². The van der Waals surface area contributed by atoms with E-state index in [2.05, 4.69) is 4.90 Å². The van der Waals surface area contributed by atoms with Crippen LogP contribution in [0.15, 0.2) is 23.1 Å². The first-order valence-electron chi connectivity index (χ1n) is 6.51. The number of ether oxygens (including phenoxy) is 1. The highest BCUT2D eigenvalue weighted by Gasteiger charge is 2.31. The van der Waals surface area contributed by atoms with Gasteiger partial charge in [0.05, 0.1) is 5.56 Å². The van der Waals surface area contributed by atoms with Crippen molar-refractivity contribution in [3.05, 3.63) is 23.8 Å². The maximum Gasteiger partial charge on any atom is 0.416 e. The fourth-order valence-electron chi connectivity index (χ4n) is 2.31. The maximum atomic E-state index is 12.8. The quantitative estimate of drug-likeness (QED) is 0.626. The molecule has 0 N–H and O–H groups in total. The SMILES string of the molecule is CN1CCCC1COc1cc(SC#N)cc(C(F)(F)F)c1. The zero-order chi connectivity index (χ0) is 15.5. The molecule has 1 aromatic rings. The predicted molar refractivity (Wildman–Crippen MR) is 74.1 cm³/mol. The van der Waals surface area contributed by atoms with Gasteiger partial charge in [-0.2, -0.15) is 18.4 Å². The molecule has 0 aromatic heterocycles. The van der Waals surface area contributed by atoms with E-state index in [1.54, 1.807) is 5.40 Å². The van der Waals surface area contributed by atoms with Gasteiger partial charge in [0.1, 0.15) is 17.8 Å². The lowest BCUT2D eigenvalue weighted by Crippen LogP contribution is -2.30. The van der Waals surface area contributed by atoms with Crippen LogP contribution in [-0.2, 0) is 6.18 Å². The van der Waals surface area contributed by atoms with Crippen molar-refractivity contribution in [3.8, 4) is 11.2 Å². The minimum atomic E-state index is -4.45. The van der Waals surface area contributed by atoms with Gasteiger partial charge in [-0.25, -0.2) is 0 Å². The van der Waals surface area contributed by atoms with Gasteiger partial charge in [-0.3, -0.25) is 0 Å². The molecule has 3 nitrogen and oxygen atoms in total. The average molecular weight is 316 g/mol. The molecule has 7 heteroatoms. The third-order valence-electron chi connectivity index (χ3n) is 3.48. The van der Waals surface area contributed by atoms with E-state index in [1.807, 2.05) is 7.05 Å². The van der Waals surface area contributed by atoms with E-state index in [0.29, 0.717) is 18.4 Å². The highest BCUT2D eigenvalue weighted by molar-refractivity contribution is 8.03. The molecule has 21 heavy (non-hydrogen) atoms. The van der Waals surface area contributed by atoms with Crippen LogP contribution < -0.4 is 4.74 Å². The standard InChI is InChI=1S/C14H15F3N2OS/c1-19-4-2-3-11(19)8-20-12-5-10(14(15,16)17)6-13(7-12)21-9-18/h5-7,11H,2-4,8H2,1H3. The van der Waals surface area contributed by atoms with Gasteiger partial charge in [0, 0.05) is 10.9 Å². The summed E-state index contributed by atoms with van der Waals surface area (Å²) in [7, 11) is 1.98. The number of thioether (sulfide) groups is 1. The molecule has 2 rings (SSSR count). The maximum absolute atomic E-state index is 12.8. The molecule has 1 fully saturated rings. The number of hydrogen-bond acceptors (Lipinski definition) is 4. The van der Waals surface area contributed by atoms with Crippen LogP contribution in [0.4, 0.5) is 13.2 Å². The van der Waals surface area contributed by atoms with Crippen LogP contribution in [0.2, 0.25) is 0 Å². The number of thiocyanates is 1. The number of nitrogens with zero attached hydrogens (tertiary/aromatic N) is 2. The lowest BCUT2D eigenvalue weighted by molar-refractivity contribution is -0.137. The Labute approximate surface area is 125 Å². The summed E-state index contributed by atoms with van der Waals surface area (Å²) < 4.78 is 44.0. The average Bonchev–Trinajstić information content (AvgIpc) is 2.81. The zero-order valence-electron chi connectivity index (χ0n) is 11.5. The Hall–Kier alpha value is -1.39. The molecule has 1 saturated heterocycles. The largest absolute Gasteiger partial charge is 0.492 e. The predicted octanol–water partition coefficient (Wildman–Crippen LogP) is 3.75. The Morgan fingerprint density at radius 2 is 2.19 bits per heavy atom. The number of alkyl halides is 3. The van der Waals surface area contributed by atoms with Crippen molar-refractivity contribution in [1.29, 1.82) is 5.26 Å². The van der Waals surface area contributed by atoms with E-state index in [4.69, 9.17) is 10.00 Å². The smallest absolute Gasteiger partial charge is 0.416 e. The fraction of sp³-hybridized carbons (Fsp3) is 0.500. The summed E-state index contributed by atoms with van der Waals surface area (Å²) in [5, 5.41) is 10.4. The molecular formula is C14H15F3N2OS. The van der Waals surface area contributed by atoms with Crippen LogP contribution in [0.5, 0.6) is 5.75 Å². The summed E-state index contributed by atoms with van der Waals surface area (Å²) >= 11 is 0.694. The van der Waals surface area contributed by atoms with Crippen molar-refractivity contribution < 1.29 is 17.9 Å². The van der Waals surface area contributed by atoms with Crippen LogP contribution in [0.1, 0.15) is 18.4 Å². The second-order valence-electron chi connectivity index (χ2n) is 4.97. The topological polar surface area (TPSA) is 36.3 Å². The molecule has 1 aliphatic rings. The third kappa shape index (κ3) is 4.29. The second-order valence-corrected chi connectivity index (χ2v) is 5.83. The Kier molecular flexibility index (Phi) is 5.01. The number of benzene rings is 1. The Morgan fingerprint density at radius 3 is 2.76 bits per heavy atom. The lowest BCUT2D eigenvalue weighted by Gasteiger charge is -2.20. The summed E-state index contributed by atoms with van der Waals surface area (Å²) in [6.07, 6.45) is -2.40. The van der Waals surface area contributed by atoms with Gasteiger partial charge >= 0.3 is 6.18 Å². The lowest BCUT2D eigenvalue weighted by atomic mass is 10.2. The third-order valence-corrected chi connectivity index (χ3v) is 4.05. The van der Waals surface area contributed by atoms with E-state index in [1.165, 1.54) is 6.07 Å². The normalized spacial score (nSPS) is 19.5. The van der Waals surface area contributed by atoms with Gasteiger partial charge < -0.3 is 9.64 Å². The van der Waals surface area contributed by atoms with E-state index in [0.717, 1.165) is 31.5 Å².